The van der Waals surface area contributed by atoms with E-state index in [2.05, 4.69) is 15.6 Å². The number of thiocarbonyl (C=S) groups is 1. The maximum Gasteiger partial charge on any atom is 0.344 e. The quantitative estimate of drug-likeness (QED) is 0.362. The summed E-state index contributed by atoms with van der Waals surface area (Å²) in [4.78, 5) is 16.0. The molecule has 0 amide bonds. The molecule has 1 unspecified atom stereocenters. The Balaban J connectivity index is 1.83. The molecule has 25 heavy (non-hydrogen) atoms. The van der Waals surface area contributed by atoms with Crippen molar-refractivity contribution in [2.24, 2.45) is 0 Å². The number of H-pyrrole nitrogens is 1. The minimum atomic E-state index is -0.374. The number of benzene rings is 2. The molecule has 1 atom stereocenters. The lowest BCUT2D eigenvalue weighted by Crippen LogP contribution is -2.40. The number of rotatable bonds is 1. The Hall–Kier alpha value is -3.12. The predicted octanol–water partition coefficient (Wildman–Crippen LogP) is 3.66. The summed E-state index contributed by atoms with van der Waals surface area (Å²) in [7, 11) is 0. The summed E-state index contributed by atoms with van der Waals surface area (Å²) in [5.74, 6) is 0. The first-order valence-corrected chi connectivity index (χ1v) is 8.32. The van der Waals surface area contributed by atoms with Gasteiger partial charge >= 0.3 is 5.63 Å². The van der Waals surface area contributed by atoms with Gasteiger partial charge in [-0.3, -0.25) is 0 Å². The van der Waals surface area contributed by atoms with E-state index in [1.165, 1.54) is 0 Å². The van der Waals surface area contributed by atoms with Crippen LogP contribution < -0.4 is 16.3 Å². The van der Waals surface area contributed by atoms with Crippen molar-refractivity contribution in [2.75, 3.05) is 5.32 Å². The molecule has 1 aliphatic rings. The predicted molar refractivity (Wildman–Crippen MR) is 102 cm³/mol. The molecule has 1 aliphatic heterocycles. The highest BCUT2D eigenvalue weighted by atomic mass is 32.1. The van der Waals surface area contributed by atoms with E-state index in [-0.39, 0.29) is 11.7 Å². The Morgan fingerprint density at radius 3 is 2.64 bits per heavy atom. The first-order chi connectivity index (χ1) is 12.2. The fourth-order valence-electron chi connectivity index (χ4n) is 3.48. The highest BCUT2D eigenvalue weighted by Crippen LogP contribution is 2.36. The molecule has 4 aromatic rings. The van der Waals surface area contributed by atoms with Crippen LogP contribution in [-0.2, 0) is 0 Å². The standard InChI is InChI=1S/C19H13N3O2S/c23-18-15-16(11-6-2-4-8-14(11)24-18)21-19(25)22-17(15)12-9-20-13-7-3-1-5-10(12)13/h1-9,17,20H,(H2,21,22,25). The third-order valence-corrected chi connectivity index (χ3v) is 4.80. The lowest BCUT2D eigenvalue weighted by Gasteiger charge is -2.28. The number of aromatic nitrogens is 1. The fourth-order valence-corrected chi connectivity index (χ4v) is 3.70. The van der Waals surface area contributed by atoms with Crippen molar-refractivity contribution in [2.45, 2.75) is 6.04 Å². The molecule has 3 N–H and O–H groups in total. The van der Waals surface area contributed by atoms with Crippen molar-refractivity contribution in [1.82, 2.24) is 10.3 Å². The van der Waals surface area contributed by atoms with Gasteiger partial charge in [0.25, 0.3) is 0 Å². The van der Waals surface area contributed by atoms with E-state index in [4.69, 9.17) is 16.6 Å². The number of aromatic amines is 1. The Bertz CT molecular complexity index is 1210. The fraction of sp³-hybridized carbons (Fsp3) is 0.0526. The van der Waals surface area contributed by atoms with Crippen molar-refractivity contribution in [3.05, 3.63) is 76.3 Å². The zero-order chi connectivity index (χ0) is 17.0. The number of para-hydroxylation sites is 2. The van der Waals surface area contributed by atoms with Gasteiger partial charge in [-0.25, -0.2) is 4.79 Å². The third-order valence-electron chi connectivity index (χ3n) is 4.58. The van der Waals surface area contributed by atoms with E-state index in [1.807, 2.05) is 48.7 Å². The zero-order valence-electron chi connectivity index (χ0n) is 13.0. The van der Waals surface area contributed by atoms with E-state index < -0.39 is 0 Å². The van der Waals surface area contributed by atoms with Crippen LogP contribution in [0.5, 0.6) is 0 Å². The summed E-state index contributed by atoms with van der Waals surface area (Å²) >= 11 is 5.40. The number of nitrogens with one attached hydrogen (secondary N) is 3. The van der Waals surface area contributed by atoms with Crippen molar-refractivity contribution in [1.29, 1.82) is 0 Å². The highest BCUT2D eigenvalue weighted by Gasteiger charge is 2.31. The third kappa shape index (κ3) is 2.08. The van der Waals surface area contributed by atoms with Crippen molar-refractivity contribution >= 4 is 44.9 Å². The van der Waals surface area contributed by atoms with Gasteiger partial charge in [-0.2, -0.15) is 0 Å². The van der Waals surface area contributed by atoms with Crippen LogP contribution in [0.2, 0.25) is 0 Å². The van der Waals surface area contributed by atoms with E-state index in [1.54, 1.807) is 6.07 Å². The van der Waals surface area contributed by atoms with Gasteiger partial charge in [0.1, 0.15) is 5.58 Å². The van der Waals surface area contributed by atoms with Crippen LogP contribution in [0.3, 0.4) is 0 Å². The van der Waals surface area contributed by atoms with Crippen LogP contribution in [0.25, 0.3) is 21.9 Å². The lowest BCUT2D eigenvalue weighted by molar-refractivity contribution is 0.540. The van der Waals surface area contributed by atoms with Crippen LogP contribution in [0.4, 0.5) is 5.69 Å². The highest BCUT2D eigenvalue weighted by molar-refractivity contribution is 7.80. The molecule has 2 aromatic carbocycles. The second-order valence-corrected chi connectivity index (χ2v) is 6.40. The molecule has 0 aliphatic carbocycles. The van der Waals surface area contributed by atoms with E-state index in [0.29, 0.717) is 21.9 Å². The van der Waals surface area contributed by atoms with Crippen LogP contribution in [0.15, 0.2) is 63.9 Å². The van der Waals surface area contributed by atoms with Gasteiger partial charge in [-0.1, -0.05) is 30.3 Å². The molecule has 5 nitrogen and oxygen atoms in total. The average Bonchev–Trinajstić information content (AvgIpc) is 3.05. The summed E-state index contributed by atoms with van der Waals surface area (Å²) in [6.07, 6.45) is 1.91. The van der Waals surface area contributed by atoms with Gasteiger partial charge in [-0.15, -0.1) is 0 Å². The lowest BCUT2D eigenvalue weighted by atomic mass is 9.95. The SMILES string of the molecule is O=c1oc2ccccc2c2c1C(c1c[nH]c3ccccc13)NC(=S)N2. The molecular weight excluding hydrogens is 334 g/mol. The number of fused-ring (bicyclic) bond motifs is 4. The maximum absolute atomic E-state index is 12.7. The number of hydrogen-bond acceptors (Lipinski definition) is 3. The smallest absolute Gasteiger partial charge is 0.344 e. The molecule has 3 heterocycles. The summed E-state index contributed by atoms with van der Waals surface area (Å²) < 4.78 is 5.55. The zero-order valence-corrected chi connectivity index (χ0v) is 13.8. The molecule has 5 rings (SSSR count). The normalized spacial score (nSPS) is 16.5. The van der Waals surface area contributed by atoms with Crippen LogP contribution in [0, 0.1) is 0 Å². The molecule has 0 spiro atoms. The molecule has 0 fully saturated rings. The average molecular weight is 347 g/mol. The minimum absolute atomic E-state index is 0.369. The van der Waals surface area contributed by atoms with Gasteiger partial charge < -0.3 is 20.0 Å². The van der Waals surface area contributed by atoms with Gasteiger partial charge in [0.2, 0.25) is 0 Å². The Morgan fingerprint density at radius 1 is 1.00 bits per heavy atom. The first-order valence-electron chi connectivity index (χ1n) is 7.91. The molecule has 0 saturated carbocycles. The summed E-state index contributed by atoms with van der Waals surface area (Å²) in [5.41, 5.74) is 3.40. The summed E-state index contributed by atoms with van der Waals surface area (Å²) in [5, 5.41) is 8.71. The Kier molecular flexibility index (Phi) is 2.96. The van der Waals surface area contributed by atoms with E-state index >= 15 is 0 Å². The van der Waals surface area contributed by atoms with Gasteiger partial charge in [0.15, 0.2) is 5.11 Å². The first kappa shape index (κ1) is 14.2. The topological polar surface area (TPSA) is 70.1 Å². The monoisotopic (exact) mass is 347 g/mol. The molecular formula is C19H13N3O2S. The largest absolute Gasteiger partial charge is 0.422 e. The maximum atomic E-state index is 12.7. The minimum Gasteiger partial charge on any atom is -0.422 e. The molecule has 2 aromatic heterocycles. The molecule has 0 bridgehead atoms. The van der Waals surface area contributed by atoms with E-state index in [0.717, 1.165) is 21.9 Å². The molecule has 6 heteroatoms. The Morgan fingerprint density at radius 2 is 1.76 bits per heavy atom. The van der Waals surface area contributed by atoms with Crippen LogP contribution in [0.1, 0.15) is 17.2 Å². The summed E-state index contributed by atoms with van der Waals surface area (Å²) in [6, 6.07) is 15.1. The number of anilines is 1. The van der Waals surface area contributed by atoms with Gasteiger partial charge in [-0.05, 0) is 30.4 Å². The molecule has 0 saturated heterocycles. The number of hydrogen-bond donors (Lipinski definition) is 3. The van der Waals surface area contributed by atoms with Crippen molar-refractivity contribution in [3.63, 3.8) is 0 Å². The summed E-state index contributed by atoms with van der Waals surface area (Å²) in [6.45, 7) is 0. The van der Waals surface area contributed by atoms with Gasteiger partial charge in [0, 0.05) is 28.0 Å². The van der Waals surface area contributed by atoms with Crippen LogP contribution in [-0.4, -0.2) is 10.1 Å². The second-order valence-electron chi connectivity index (χ2n) is 6.00. The Labute approximate surface area is 147 Å². The molecule has 122 valence electrons. The van der Waals surface area contributed by atoms with Crippen LogP contribution >= 0.6 is 12.2 Å². The van der Waals surface area contributed by atoms with E-state index in [9.17, 15) is 4.79 Å². The second kappa shape index (κ2) is 5.19. The molecule has 0 radical (unpaired) electrons. The van der Waals surface area contributed by atoms with Crippen molar-refractivity contribution in [3.8, 4) is 0 Å². The van der Waals surface area contributed by atoms with Crippen molar-refractivity contribution < 1.29 is 4.42 Å². The van der Waals surface area contributed by atoms with Gasteiger partial charge in [0.05, 0.1) is 17.3 Å².